The molecule has 1 aromatic carbocycles. The van der Waals surface area contributed by atoms with Gasteiger partial charge in [0, 0.05) is 30.7 Å². The van der Waals surface area contributed by atoms with E-state index in [0.717, 1.165) is 16.6 Å². The van der Waals surface area contributed by atoms with Crippen LogP contribution in [0.25, 0.3) is 10.9 Å². The Bertz CT molecular complexity index is 973. The number of aromatic nitrogens is 2. The van der Waals surface area contributed by atoms with Crippen molar-refractivity contribution in [3.63, 3.8) is 0 Å². The van der Waals surface area contributed by atoms with Gasteiger partial charge < -0.3 is 4.57 Å². The van der Waals surface area contributed by atoms with Crippen molar-refractivity contribution in [2.24, 2.45) is 7.05 Å². The predicted octanol–water partition coefficient (Wildman–Crippen LogP) is 2.15. The van der Waals surface area contributed by atoms with Crippen LogP contribution in [0.3, 0.4) is 0 Å². The number of imide groups is 1. The van der Waals surface area contributed by atoms with E-state index in [9.17, 15) is 9.59 Å². The van der Waals surface area contributed by atoms with Gasteiger partial charge in [0.15, 0.2) is 0 Å². The molecule has 0 bridgehead atoms. The van der Waals surface area contributed by atoms with Crippen molar-refractivity contribution in [3.05, 3.63) is 65.6 Å². The maximum absolute atomic E-state index is 12.8. The Hall–Kier alpha value is -2.95. The van der Waals surface area contributed by atoms with Crippen molar-refractivity contribution in [2.45, 2.75) is 12.3 Å². The molecule has 2 amide bonds. The average Bonchev–Trinajstić information content (AvgIpc) is 2.91. The van der Waals surface area contributed by atoms with Gasteiger partial charge in [0.05, 0.1) is 5.56 Å². The number of hydrogen-bond donors (Lipinski definition) is 1. The van der Waals surface area contributed by atoms with Crippen molar-refractivity contribution in [1.82, 2.24) is 14.9 Å². The molecular formula is C18H15N3O2. The van der Waals surface area contributed by atoms with Crippen LogP contribution < -0.4 is 5.32 Å². The van der Waals surface area contributed by atoms with Gasteiger partial charge in [-0.25, -0.2) is 0 Å². The predicted molar refractivity (Wildman–Crippen MR) is 86.1 cm³/mol. The van der Waals surface area contributed by atoms with Gasteiger partial charge in [-0.15, -0.1) is 0 Å². The molecule has 1 atom stereocenters. The Balaban J connectivity index is 2.06. The molecule has 4 rings (SSSR count). The maximum atomic E-state index is 12.8. The lowest BCUT2D eigenvalue weighted by Gasteiger charge is -2.34. The summed E-state index contributed by atoms with van der Waals surface area (Å²) in [6.45, 7) is 1.85. The summed E-state index contributed by atoms with van der Waals surface area (Å²) in [5.41, 5.74) is 2.08. The Morgan fingerprint density at radius 2 is 1.96 bits per heavy atom. The standard InChI is InChI=1S/C18H15N3O2/c1-18(15-9-11-5-3-4-6-14(11)21(15)2)13-7-8-19-10-12(13)16(22)20-17(18)23/h3-10H,1-2H3,(H,20,22,23). The van der Waals surface area contributed by atoms with Crippen LogP contribution in [-0.4, -0.2) is 21.4 Å². The number of fused-ring (bicyclic) bond motifs is 2. The van der Waals surface area contributed by atoms with Gasteiger partial charge in [0.1, 0.15) is 5.41 Å². The molecule has 0 aliphatic carbocycles. The summed E-state index contributed by atoms with van der Waals surface area (Å²) in [5.74, 6) is -0.707. The summed E-state index contributed by atoms with van der Waals surface area (Å²) in [6, 6.07) is 11.7. The molecule has 3 heterocycles. The van der Waals surface area contributed by atoms with Crippen LogP contribution in [-0.2, 0) is 17.3 Å². The van der Waals surface area contributed by atoms with Crippen molar-refractivity contribution in [3.8, 4) is 0 Å². The highest BCUT2D eigenvalue weighted by Gasteiger charge is 2.46. The van der Waals surface area contributed by atoms with Crippen molar-refractivity contribution >= 4 is 22.7 Å². The van der Waals surface area contributed by atoms with Gasteiger partial charge in [0.2, 0.25) is 5.91 Å². The molecule has 5 heteroatoms. The number of benzene rings is 1. The first-order valence-corrected chi connectivity index (χ1v) is 7.38. The zero-order valence-corrected chi connectivity index (χ0v) is 12.8. The number of rotatable bonds is 1. The zero-order chi connectivity index (χ0) is 16.2. The molecule has 1 aliphatic rings. The van der Waals surface area contributed by atoms with Crippen LogP contribution in [0.5, 0.6) is 0 Å². The molecule has 114 valence electrons. The van der Waals surface area contributed by atoms with Gasteiger partial charge in [-0.2, -0.15) is 0 Å². The Morgan fingerprint density at radius 3 is 2.74 bits per heavy atom. The second-order valence-electron chi connectivity index (χ2n) is 5.98. The Morgan fingerprint density at radius 1 is 1.17 bits per heavy atom. The minimum absolute atomic E-state index is 0.313. The van der Waals surface area contributed by atoms with E-state index in [0.29, 0.717) is 11.1 Å². The van der Waals surface area contributed by atoms with Gasteiger partial charge in [0.25, 0.3) is 5.91 Å². The van der Waals surface area contributed by atoms with Crippen molar-refractivity contribution in [1.29, 1.82) is 0 Å². The number of nitrogens with one attached hydrogen (secondary N) is 1. The fraction of sp³-hybridized carbons (Fsp3) is 0.167. The van der Waals surface area contributed by atoms with Crippen LogP contribution in [0.2, 0.25) is 0 Å². The quantitative estimate of drug-likeness (QED) is 0.701. The number of para-hydroxylation sites is 1. The number of amides is 2. The molecule has 1 unspecified atom stereocenters. The van der Waals surface area contributed by atoms with Crippen LogP contribution in [0.4, 0.5) is 0 Å². The average molecular weight is 305 g/mol. The largest absolute Gasteiger partial charge is 0.346 e. The van der Waals surface area contributed by atoms with Crippen LogP contribution >= 0.6 is 0 Å². The minimum Gasteiger partial charge on any atom is -0.346 e. The molecule has 0 saturated heterocycles. The van der Waals surface area contributed by atoms with E-state index >= 15 is 0 Å². The molecule has 1 aliphatic heterocycles. The monoisotopic (exact) mass is 305 g/mol. The first kappa shape index (κ1) is 13.7. The molecule has 1 N–H and O–H groups in total. The minimum atomic E-state index is -0.944. The van der Waals surface area contributed by atoms with Crippen molar-refractivity contribution < 1.29 is 9.59 Å². The fourth-order valence-electron chi connectivity index (χ4n) is 3.45. The van der Waals surface area contributed by atoms with E-state index < -0.39 is 11.3 Å². The van der Waals surface area contributed by atoms with Gasteiger partial charge >= 0.3 is 0 Å². The summed E-state index contributed by atoms with van der Waals surface area (Å²) < 4.78 is 2.01. The van der Waals surface area contributed by atoms with Gasteiger partial charge in [-0.05, 0) is 36.1 Å². The van der Waals surface area contributed by atoms with Crippen LogP contribution in [0.1, 0.15) is 28.5 Å². The lowest BCUT2D eigenvalue weighted by Crippen LogP contribution is -2.51. The first-order chi connectivity index (χ1) is 11.0. The lowest BCUT2D eigenvalue weighted by atomic mass is 9.74. The molecule has 3 aromatic rings. The van der Waals surface area contributed by atoms with E-state index in [1.807, 2.05) is 48.9 Å². The number of hydrogen-bond acceptors (Lipinski definition) is 3. The van der Waals surface area contributed by atoms with E-state index in [4.69, 9.17) is 0 Å². The molecule has 0 spiro atoms. The number of carbonyl (C=O) groups is 2. The summed E-state index contributed by atoms with van der Waals surface area (Å²) in [5, 5.41) is 3.53. The number of aryl methyl sites for hydroxylation is 1. The molecular weight excluding hydrogens is 290 g/mol. The third-order valence-corrected chi connectivity index (χ3v) is 4.75. The molecule has 23 heavy (non-hydrogen) atoms. The van der Waals surface area contributed by atoms with E-state index in [2.05, 4.69) is 10.3 Å². The molecule has 0 saturated carbocycles. The Labute approximate surface area is 133 Å². The van der Waals surface area contributed by atoms with Crippen LogP contribution in [0, 0.1) is 0 Å². The van der Waals surface area contributed by atoms with Crippen molar-refractivity contribution in [2.75, 3.05) is 0 Å². The SMILES string of the molecule is Cn1c(C2(C)C(=O)NC(=O)c3cnccc32)cc2ccccc21. The second kappa shape index (κ2) is 4.52. The summed E-state index contributed by atoms with van der Waals surface area (Å²) in [4.78, 5) is 28.9. The normalized spacial score (nSPS) is 20.4. The summed E-state index contributed by atoms with van der Waals surface area (Å²) in [7, 11) is 1.94. The molecule has 0 radical (unpaired) electrons. The van der Waals surface area contributed by atoms with Gasteiger partial charge in [-0.1, -0.05) is 18.2 Å². The highest BCUT2D eigenvalue weighted by molar-refractivity contribution is 6.14. The highest BCUT2D eigenvalue weighted by atomic mass is 16.2. The molecule has 2 aromatic heterocycles. The lowest BCUT2D eigenvalue weighted by molar-refractivity contribution is -0.124. The van der Waals surface area contributed by atoms with E-state index in [1.165, 1.54) is 6.20 Å². The highest BCUT2D eigenvalue weighted by Crippen LogP contribution is 2.38. The third kappa shape index (κ3) is 1.70. The number of nitrogens with zero attached hydrogens (tertiary/aromatic N) is 2. The smallest absolute Gasteiger partial charge is 0.259 e. The van der Waals surface area contributed by atoms with Gasteiger partial charge in [-0.3, -0.25) is 19.9 Å². The van der Waals surface area contributed by atoms with Crippen LogP contribution in [0.15, 0.2) is 48.8 Å². The summed E-state index contributed by atoms with van der Waals surface area (Å²) >= 11 is 0. The third-order valence-electron chi connectivity index (χ3n) is 4.75. The van der Waals surface area contributed by atoms with E-state index in [-0.39, 0.29) is 5.91 Å². The molecule has 5 nitrogen and oxygen atoms in total. The topological polar surface area (TPSA) is 64.0 Å². The number of pyridine rings is 1. The summed E-state index contributed by atoms with van der Waals surface area (Å²) in [6.07, 6.45) is 3.13. The Kier molecular flexibility index (Phi) is 2.69. The maximum Gasteiger partial charge on any atom is 0.259 e. The zero-order valence-electron chi connectivity index (χ0n) is 12.8. The first-order valence-electron chi connectivity index (χ1n) is 7.38. The number of carbonyl (C=O) groups excluding carboxylic acids is 2. The second-order valence-corrected chi connectivity index (χ2v) is 5.98. The molecule has 0 fully saturated rings. The fourth-order valence-corrected chi connectivity index (χ4v) is 3.45. The van der Waals surface area contributed by atoms with E-state index in [1.54, 1.807) is 12.3 Å².